The molecule has 1 N–H and O–H groups in total. The molecule has 2 rings (SSSR count). The van der Waals surface area contributed by atoms with Gasteiger partial charge in [-0.1, -0.05) is 24.6 Å². The molecule has 0 unspecified atom stereocenters. The van der Waals surface area contributed by atoms with E-state index < -0.39 is 5.91 Å². The Morgan fingerprint density at radius 3 is 2.58 bits per heavy atom. The maximum atomic E-state index is 12.3. The molecule has 0 bridgehead atoms. The zero-order valence-corrected chi connectivity index (χ0v) is 17.8. The molecule has 0 atom stereocenters. The highest BCUT2D eigenvalue weighted by Gasteiger charge is 2.12. The van der Waals surface area contributed by atoms with Gasteiger partial charge in [0.2, 0.25) is 0 Å². The molecule has 4 nitrogen and oxygen atoms in total. The fourth-order valence-corrected chi connectivity index (χ4v) is 3.73. The molecule has 7 heteroatoms. The van der Waals surface area contributed by atoms with Gasteiger partial charge in [-0.15, -0.1) is 0 Å². The number of halogens is 3. The monoisotopic (exact) mass is 496 g/mol. The number of ether oxygens (including phenoxy) is 1. The van der Waals surface area contributed by atoms with Crippen LogP contribution in [-0.4, -0.2) is 12.5 Å². The number of hydrogen-bond donors (Lipinski definition) is 1. The van der Waals surface area contributed by atoms with E-state index in [4.69, 9.17) is 16.3 Å². The van der Waals surface area contributed by atoms with Crippen molar-refractivity contribution in [1.82, 2.24) is 0 Å². The zero-order valence-electron chi connectivity index (χ0n) is 13.9. The van der Waals surface area contributed by atoms with Gasteiger partial charge in [-0.3, -0.25) is 4.79 Å². The number of carbonyl (C=O) groups excluding carboxylic acids is 1. The molecule has 0 aliphatic rings. The van der Waals surface area contributed by atoms with Gasteiger partial charge in [0, 0.05) is 10.7 Å². The van der Waals surface area contributed by atoms with E-state index in [0.29, 0.717) is 28.6 Å². The van der Waals surface area contributed by atoms with Crippen molar-refractivity contribution in [3.63, 3.8) is 0 Å². The molecule has 1 amide bonds. The van der Waals surface area contributed by atoms with Crippen LogP contribution in [0, 0.1) is 11.3 Å². The lowest BCUT2D eigenvalue weighted by Gasteiger charge is -2.10. The van der Waals surface area contributed by atoms with Gasteiger partial charge in [0.1, 0.15) is 17.4 Å². The molecular formula is C19H15Br2ClN2O2. The van der Waals surface area contributed by atoms with Crippen LogP contribution in [-0.2, 0) is 4.79 Å². The minimum atomic E-state index is -0.506. The summed E-state index contributed by atoms with van der Waals surface area (Å²) in [5.74, 6) is 0.180. The summed E-state index contributed by atoms with van der Waals surface area (Å²) in [6.07, 6.45) is 2.40. The highest BCUT2D eigenvalue weighted by Crippen LogP contribution is 2.35. The van der Waals surface area contributed by atoms with Gasteiger partial charge in [0.05, 0.1) is 15.6 Å². The standard InChI is InChI=1S/C19H15Br2ClN2O2/c1-2-6-26-18-16(20)8-12(9-17(18)21)7-13(11-23)19(25)24-15-5-3-4-14(22)10-15/h3-5,7-10H,2,6H2,1H3,(H,24,25)/b13-7+. The van der Waals surface area contributed by atoms with E-state index in [0.717, 1.165) is 15.4 Å². The molecule has 0 aromatic heterocycles. The largest absolute Gasteiger partial charge is 0.491 e. The Labute approximate surface area is 174 Å². The topological polar surface area (TPSA) is 62.1 Å². The second kappa shape index (κ2) is 9.77. The first-order valence-corrected chi connectivity index (χ1v) is 9.71. The average Bonchev–Trinajstić information content (AvgIpc) is 2.59. The van der Waals surface area contributed by atoms with Crippen molar-refractivity contribution in [1.29, 1.82) is 5.26 Å². The fraction of sp³-hybridized carbons (Fsp3) is 0.158. The van der Waals surface area contributed by atoms with Crippen LogP contribution in [0.1, 0.15) is 18.9 Å². The van der Waals surface area contributed by atoms with Gasteiger partial charge in [-0.05, 0) is 80.3 Å². The van der Waals surface area contributed by atoms with Crippen LogP contribution in [0.15, 0.2) is 50.9 Å². The van der Waals surface area contributed by atoms with E-state index in [9.17, 15) is 10.1 Å². The van der Waals surface area contributed by atoms with Crippen molar-refractivity contribution in [2.75, 3.05) is 11.9 Å². The summed E-state index contributed by atoms with van der Waals surface area (Å²) in [6.45, 7) is 2.62. The fourth-order valence-electron chi connectivity index (χ4n) is 2.08. The number of amides is 1. The molecule has 0 saturated heterocycles. The SMILES string of the molecule is CCCOc1c(Br)cc(/C=C(\C#N)C(=O)Nc2cccc(Cl)c2)cc1Br. The summed E-state index contributed by atoms with van der Waals surface area (Å²) >= 11 is 12.8. The number of nitrogens with zero attached hydrogens (tertiary/aromatic N) is 1. The van der Waals surface area contributed by atoms with E-state index in [-0.39, 0.29) is 5.57 Å². The first-order valence-electron chi connectivity index (χ1n) is 7.75. The smallest absolute Gasteiger partial charge is 0.266 e. The van der Waals surface area contributed by atoms with Gasteiger partial charge in [0.25, 0.3) is 5.91 Å². The Hall–Kier alpha value is -1.81. The summed E-state index contributed by atoms with van der Waals surface area (Å²) in [5, 5.41) is 12.5. The molecule has 0 radical (unpaired) electrons. The number of nitrogens with one attached hydrogen (secondary N) is 1. The lowest BCUT2D eigenvalue weighted by Crippen LogP contribution is -2.13. The number of anilines is 1. The highest BCUT2D eigenvalue weighted by atomic mass is 79.9. The summed E-state index contributed by atoms with van der Waals surface area (Å²) in [6, 6.07) is 12.2. The van der Waals surface area contributed by atoms with E-state index in [2.05, 4.69) is 37.2 Å². The van der Waals surface area contributed by atoms with E-state index >= 15 is 0 Å². The first kappa shape index (κ1) is 20.5. The Balaban J connectivity index is 2.25. The van der Waals surface area contributed by atoms with Crippen molar-refractivity contribution in [3.05, 3.63) is 61.5 Å². The molecule has 0 fully saturated rings. The van der Waals surface area contributed by atoms with Crippen molar-refractivity contribution in [2.24, 2.45) is 0 Å². The molecular weight excluding hydrogens is 483 g/mol. The molecule has 0 aliphatic heterocycles. The third-order valence-corrected chi connectivity index (χ3v) is 4.64. The van der Waals surface area contributed by atoms with E-state index in [1.165, 1.54) is 6.08 Å². The quantitative estimate of drug-likeness (QED) is 0.381. The Kier molecular flexibility index (Phi) is 7.70. The van der Waals surface area contributed by atoms with Crippen molar-refractivity contribution < 1.29 is 9.53 Å². The van der Waals surface area contributed by atoms with Gasteiger partial charge in [0.15, 0.2) is 0 Å². The summed E-state index contributed by atoms with van der Waals surface area (Å²) < 4.78 is 7.14. The van der Waals surface area contributed by atoms with Crippen molar-refractivity contribution in [2.45, 2.75) is 13.3 Å². The zero-order chi connectivity index (χ0) is 19.1. The predicted octanol–water partition coefficient (Wildman–Crippen LogP) is 6.20. The van der Waals surface area contributed by atoms with E-state index in [1.807, 2.05) is 13.0 Å². The Morgan fingerprint density at radius 1 is 1.31 bits per heavy atom. The summed E-state index contributed by atoms with van der Waals surface area (Å²) in [4.78, 5) is 12.3. The number of nitriles is 1. The van der Waals surface area contributed by atoms with Crippen molar-refractivity contribution >= 4 is 61.1 Å². The maximum absolute atomic E-state index is 12.3. The second-order valence-electron chi connectivity index (χ2n) is 5.30. The predicted molar refractivity (Wildman–Crippen MR) is 111 cm³/mol. The van der Waals surface area contributed by atoms with Crippen LogP contribution in [0.4, 0.5) is 5.69 Å². The summed E-state index contributed by atoms with van der Waals surface area (Å²) in [7, 11) is 0. The minimum absolute atomic E-state index is 0.0222. The van der Waals surface area contributed by atoms with Gasteiger partial charge >= 0.3 is 0 Å². The third-order valence-electron chi connectivity index (χ3n) is 3.23. The molecule has 0 saturated carbocycles. The summed E-state index contributed by atoms with van der Waals surface area (Å²) in [5.41, 5.74) is 1.19. The van der Waals surface area contributed by atoms with E-state index in [1.54, 1.807) is 36.4 Å². The molecule has 0 spiro atoms. The maximum Gasteiger partial charge on any atom is 0.266 e. The first-order chi connectivity index (χ1) is 12.4. The molecule has 2 aromatic rings. The van der Waals surface area contributed by atoms with Crippen LogP contribution < -0.4 is 10.1 Å². The third kappa shape index (κ3) is 5.60. The van der Waals surface area contributed by atoms with Crippen molar-refractivity contribution in [3.8, 4) is 11.8 Å². The van der Waals surface area contributed by atoms with Crippen LogP contribution in [0.3, 0.4) is 0 Å². The van der Waals surface area contributed by atoms with Crippen LogP contribution in [0.5, 0.6) is 5.75 Å². The van der Waals surface area contributed by atoms with Crippen LogP contribution in [0.2, 0.25) is 5.02 Å². The Morgan fingerprint density at radius 2 is 2.00 bits per heavy atom. The van der Waals surface area contributed by atoms with Crippen LogP contribution in [0.25, 0.3) is 6.08 Å². The number of rotatable bonds is 6. The van der Waals surface area contributed by atoms with Gasteiger partial charge < -0.3 is 10.1 Å². The van der Waals surface area contributed by atoms with Crippen LogP contribution >= 0.6 is 43.5 Å². The van der Waals surface area contributed by atoms with Gasteiger partial charge in [-0.2, -0.15) is 5.26 Å². The molecule has 2 aromatic carbocycles. The average molecular weight is 499 g/mol. The lowest BCUT2D eigenvalue weighted by atomic mass is 10.1. The number of carbonyl (C=O) groups is 1. The number of hydrogen-bond acceptors (Lipinski definition) is 3. The minimum Gasteiger partial charge on any atom is -0.491 e. The molecule has 0 heterocycles. The highest BCUT2D eigenvalue weighted by molar-refractivity contribution is 9.11. The molecule has 26 heavy (non-hydrogen) atoms. The van der Waals surface area contributed by atoms with Gasteiger partial charge in [-0.25, -0.2) is 0 Å². The second-order valence-corrected chi connectivity index (χ2v) is 7.44. The lowest BCUT2D eigenvalue weighted by molar-refractivity contribution is -0.112. The number of benzene rings is 2. The normalized spacial score (nSPS) is 11.0. The Bertz CT molecular complexity index is 868. The molecule has 0 aliphatic carbocycles. The molecule has 134 valence electrons.